The molecule has 1 N–H and O–H groups in total. The summed E-state index contributed by atoms with van der Waals surface area (Å²) in [6, 6.07) is 5.86. The summed E-state index contributed by atoms with van der Waals surface area (Å²) in [5.74, 6) is 0.944. The van der Waals surface area contributed by atoms with E-state index in [9.17, 15) is 0 Å². The number of aromatic nitrogens is 1. The number of unbranched alkanes of at least 4 members (excludes halogenated alkanes) is 1. The van der Waals surface area contributed by atoms with Crippen LogP contribution < -0.4 is 5.32 Å². The van der Waals surface area contributed by atoms with Crippen molar-refractivity contribution in [1.82, 2.24) is 4.98 Å². The molecule has 0 atom stereocenters. The van der Waals surface area contributed by atoms with Crippen LogP contribution in [-0.4, -0.2) is 25.2 Å². The van der Waals surface area contributed by atoms with Crippen LogP contribution in [0.4, 0.5) is 5.82 Å². The van der Waals surface area contributed by atoms with E-state index >= 15 is 0 Å². The number of anilines is 1. The lowest BCUT2D eigenvalue weighted by molar-refractivity contribution is 0.194. The molecule has 0 radical (unpaired) electrons. The molecular weight excluding hydrogens is 164 g/mol. The first kappa shape index (κ1) is 9.99. The monoisotopic (exact) mass is 180 g/mol. The molecule has 0 unspecified atom stereocenters. The molecule has 0 aliphatic heterocycles. The Morgan fingerprint density at radius 2 is 2.31 bits per heavy atom. The number of nitrogens with zero attached hydrogens (tertiary/aromatic N) is 1. The normalized spacial score (nSPS) is 9.92. The lowest BCUT2D eigenvalue weighted by atomic mass is 10.3. The molecule has 72 valence electrons. The second kappa shape index (κ2) is 6.43. The number of hydrogen-bond donors (Lipinski definition) is 1. The largest absolute Gasteiger partial charge is 0.385 e. The fourth-order valence-corrected chi connectivity index (χ4v) is 1.06. The SMILES string of the molecule is COCCCCNc1ccccn1. The quantitative estimate of drug-likeness (QED) is 0.679. The fourth-order valence-electron chi connectivity index (χ4n) is 1.06. The molecule has 0 amide bonds. The maximum absolute atomic E-state index is 4.95. The number of methoxy groups -OCH3 is 1. The van der Waals surface area contributed by atoms with Gasteiger partial charge in [-0.05, 0) is 25.0 Å². The number of ether oxygens (including phenoxy) is 1. The minimum Gasteiger partial charge on any atom is -0.385 e. The minimum absolute atomic E-state index is 0.837. The van der Waals surface area contributed by atoms with Gasteiger partial charge in [-0.15, -0.1) is 0 Å². The Morgan fingerprint density at radius 3 is 3.00 bits per heavy atom. The van der Waals surface area contributed by atoms with Gasteiger partial charge in [0, 0.05) is 26.5 Å². The first-order valence-electron chi connectivity index (χ1n) is 4.57. The van der Waals surface area contributed by atoms with E-state index in [0.29, 0.717) is 0 Å². The van der Waals surface area contributed by atoms with E-state index in [1.807, 2.05) is 18.2 Å². The van der Waals surface area contributed by atoms with Crippen molar-refractivity contribution in [3.05, 3.63) is 24.4 Å². The van der Waals surface area contributed by atoms with Gasteiger partial charge >= 0.3 is 0 Å². The van der Waals surface area contributed by atoms with Crippen LogP contribution in [0, 0.1) is 0 Å². The van der Waals surface area contributed by atoms with Gasteiger partial charge in [0.05, 0.1) is 0 Å². The van der Waals surface area contributed by atoms with Crippen LogP contribution in [0.3, 0.4) is 0 Å². The molecule has 1 heterocycles. The second-order valence-electron chi connectivity index (χ2n) is 2.84. The van der Waals surface area contributed by atoms with Crippen LogP contribution in [0.2, 0.25) is 0 Å². The molecule has 0 spiro atoms. The van der Waals surface area contributed by atoms with Gasteiger partial charge in [-0.25, -0.2) is 4.98 Å². The fraction of sp³-hybridized carbons (Fsp3) is 0.500. The van der Waals surface area contributed by atoms with Crippen LogP contribution in [0.15, 0.2) is 24.4 Å². The highest BCUT2D eigenvalue weighted by molar-refractivity contribution is 5.32. The predicted molar refractivity (Wildman–Crippen MR) is 53.8 cm³/mol. The van der Waals surface area contributed by atoms with Gasteiger partial charge in [0.25, 0.3) is 0 Å². The number of pyridine rings is 1. The summed E-state index contributed by atoms with van der Waals surface area (Å²) in [5, 5.41) is 3.24. The Kier molecular flexibility index (Phi) is 4.94. The summed E-state index contributed by atoms with van der Waals surface area (Å²) < 4.78 is 4.95. The molecule has 1 aromatic heterocycles. The van der Waals surface area contributed by atoms with E-state index in [4.69, 9.17) is 4.74 Å². The van der Waals surface area contributed by atoms with E-state index < -0.39 is 0 Å². The van der Waals surface area contributed by atoms with Crippen LogP contribution in [0.1, 0.15) is 12.8 Å². The van der Waals surface area contributed by atoms with E-state index in [-0.39, 0.29) is 0 Å². The summed E-state index contributed by atoms with van der Waals surface area (Å²) >= 11 is 0. The third kappa shape index (κ3) is 4.48. The van der Waals surface area contributed by atoms with Gasteiger partial charge < -0.3 is 10.1 Å². The van der Waals surface area contributed by atoms with Gasteiger partial charge in [0.15, 0.2) is 0 Å². The van der Waals surface area contributed by atoms with E-state index in [1.54, 1.807) is 13.3 Å². The molecule has 0 saturated carbocycles. The lowest BCUT2D eigenvalue weighted by Crippen LogP contribution is -2.03. The van der Waals surface area contributed by atoms with E-state index in [0.717, 1.165) is 31.8 Å². The second-order valence-corrected chi connectivity index (χ2v) is 2.84. The molecule has 0 fully saturated rings. The van der Waals surface area contributed by atoms with Crippen molar-refractivity contribution in [2.45, 2.75) is 12.8 Å². The van der Waals surface area contributed by atoms with Gasteiger partial charge in [0.1, 0.15) is 5.82 Å². The molecule has 0 aromatic carbocycles. The third-order valence-corrected chi connectivity index (χ3v) is 1.75. The topological polar surface area (TPSA) is 34.1 Å². The molecular formula is C10H16N2O. The molecule has 0 aliphatic carbocycles. The third-order valence-electron chi connectivity index (χ3n) is 1.75. The van der Waals surface area contributed by atoms with E-state index in [2.05, 4.69) is 10.3 Å². The standard InChI is InChI=1S/C10H16N2O/c1-13-9-5-4-8-12-10-6-2-3-7-11-10/h2-3,6-7H,4-5,8-9H2,1H3,(H,11,12). The number of nitrogens with one attached hydrogen (secondary N) is 1. The molecule has 3 heteroatoms. The number of hydrogen-bond acceptors (Lipinski definition) is 3. The molecule has 3 nitrogen and oxygen atoms in total. The van der Waals surface area contributed by atoms with Crippen LogP contribution in [0.5, 0.6) is 0 Å². The minimum atomic E-state index is 0.837. The zero-order valence-corrected chi connectivity index (χ0v) is 7.99. The van der Waals surface area contributed by atoms with Gasteiger partial charge in [-0.3, -0.25) is 0 Å². The van der Waals surface area contributed by atoms with Gasteiger partial charge in [0.2, 0.25) is 0 Å². The van der Waals surface area contributed by atoms with E-state index in [1.165, 1.54) is 0 Å². The average molecular weight is 180 g/mol. The smallest absolute Gasteiger partial charge is 0.125 e. The van der Waals surface area contributed by atoms with Crippen molar-refractivity contribution in [1.29, 1.82) is 0 Å². The first-order chi connectivity index (χ1) is 6.43. The molecule has 1 aromatic rings. The molecule has 1 rings (SSSR count). The van der Waals surface area contributed by atoms with Crippen molar-refractivity contribution in [2.24, 2.45) is 0 Å². The Bertz CT molecular complexity index is 213. The molecule has 0 bridgehead atoms. The Labute approximate surface area is 79.1 Å². The zero-order chi connectivity index (χ0) is 9.36. The van der Waals surface area contributed by atoms with Crippen molar-refractivity contribution in [3.63, 3.8) is 0 Å². The van der Waals surface area contributed by atoms with Crippen molar-refractivity contribution in [3.8, 4) is 0 Å². The highest BCUT2D eigenvalue weighted by atomic mass is 16.5. The predicted octanol–water partition coefficient (Wildman–Crippen LogP) is 1.92. The Morgan fingerprint density at radius 1 is 1.38 bits per heavy atom. The van der Waals surface area contributed by atoms with Gasteiger partial charge in [-0.2, -0.15) is 0 Å². The summed E-state index contributed by atoms with van der Waals surface area (Å²) in [6.07, 6.45) is 4.00. The first-order valence-corrected chi connectivity index (χ1v) is 4.57. The number of rotatable bonds is 6. The summed E-state index contributed by atoms with van der Waals surface area (Å²) in [5.41, 5.74) is 0. The summed E-state index contributed by atoms with van der Waals surface area (Å²) in [4.78, 5) is 4.15. The summed E-state index contributed by atoms with van der Waals surface area (Å²) in [7, 11) is 1.73. The van der Waals surface area contributed by atoms with Crippen LogP contribution >= 0.6 is 0 Å². The summed E-state index contributed by atoms with van der Waals surface area (Å²) in [6.45, 7) is 1.80. The van der Waals surface area contributed by atoms with Crippen molar-refractivity contribution in [2.75, 3.05) is 25.6 Å². The average Bonchev–Trinajstić information content (AvgIpc) is 2.19. The van der Waals surface area contributed by atoms with Gasteiger partial charge in [-0.1, -0.05) is 6.07 Å². The van der Waals surface area contributed by atoms with Crippen LogP contribution in [-0.2, 0) is 4.74 Å². The van der Waals surface area contributed by atoms with Crippen molar-refractivity contribution >= 4 is 5.82 Å². The highest BCUT2D eigenvalue weighted by Gasteiger charge is 1.90. The maximum Gasteiger partial charge on any atom is 0.125 e. The van der Waals surface area contributed by atoms with Crippen LogP contribution in [0.25, 0.3) is 0 Å². The maximum atomic E-state index is 4.95. The zero-order valence-electron chi connectivity index (χ0n) is 7.99. The lowest BCUT2D eigenvalue weighted by Gasteiger charge is -2.03. The Hall–Kier alpha value is -1.09. The Balaban J connectivity index is 2.07. The highest BCUT2D eigenvalue weighted by Crippen LogP contribution is 2.00. The molecule has 13 heavy (non-hydrogen) atoms. The van der Waals surface area contributed by atoms with Crippen molar-refractivity contribution < 1.29 is 4.74 Å². The molecule has 0 aliphatic rings. The molecule has 0 saturated heterocycles.